The Labute approximate surface area is 149 Å². The summed E-state index contributed by atoms with van der Waals surface area (Å²) in [7, 11) is -3.14. The van der Waals surface area contributed by atoms with E-state index in [4.69, 9.17) is 11.6 Å². The number of unbranched alkanes of at least 4 members (excludes halogenated alkanes) is 1. The molecule has 2 rings (SSSR count). The van der Waals surface area contributed by atoms with Gasteiger partial charge in [-0.1, -0.05) is 29.8 Å². The van der Waals surface area contributed by atoms with Gasteiger partial charge in [0.15, 0.2) is 0 Å². The smallest absolute Gasteiger partial charge is 0.223 e. The normalized spacial score (nSPS) is 16.9. The van der Waals surface area contributed by atoms with Gasteiger partial charge in [-0.05, 0) is 43.7 Å². The zero-order valence-electron chi connectivity index (χ0n) is 14.0. The van der Waals surface area contributed by atoms with Crippen LogP contribution in [0.5, 0.6) is 0 Å². The second kappa shape index (κ2) is 8.83. The third-order valence-electron chi connectivity index (χ3n) is 4.42. The summed E-state index contributed by atoms with van der Waals surface area (Å²) in [6, 6.07) is 7.81. The maximum absolute atomic E-state index is 12.1. The number of carbonyl (C=O) groups is 1. The number of halogens is 1. The van der Waals surface area contributed by atoms with Crippen LogP contribution >= 0.6 is 11.6 Å². The van der Waals surface area contributed by atoms with E-state index in [1.807, 2.05) is 24.3 Å². The molecule has 1 heterocycles. The van der Waals surface area contributed by atoms with Crippen molar-refractivity contribution in [2.75, 3.05) is 25.9 Å². The van der Waals surface area contributed by atoms with Crippen LogP contribution in [0, 0.1) is 5.92 Å². The zero-order chi connectivity index (χ0) is 17.6. The molecule has 1 amide bonds. The number of carbonyl (C=O) groups excluding carboxylic acids is 1. The average Bonchev–Trinajstić information content (AvgIpc) is 2.55. The van der Waals surface area contributed by atoms with Gasteiger partial charge in [0, 0.05) is 30.6 Å². The molecule has 1 saturated heterocycles. The summed E-state index contributed by atoms with van der Waals surface area (Å²) < 4.78 is 24.4. The Morgan fingerprint density at radius 3 is 2.54 bits per heavy atom. The molecule has 134 valence electrons. The van der Waals surface area contributed by atoms with E-state index in [0.29, 0.717) is 32.5 Å². The molecule has 1 N–H and O–H groups in total. The van der Waals surface area contributed by atoms with E-state index < -0.39 is 10.0 Å². The molecule has 1 aliphatic heterocycles. The Balaban J connectivity index is 1.63. The van der Waals surface area contributed by atoms with Crippen LogP contribution in [0.15, 0.2) is 24.3 Å². The molecule has 1 aromatic carbocycles. The molecule has 0 aromatic heterocycles. The minimum atomic E-state index is -3.14. The van der Waals surface area contributed by atoms with Crippen molar-refractivity contribution in [3.8, 4) is 0 Å². The number of benzene rings is 1. The highest BCUT2D eigenvalue weighted by Crippen LogP contribution is 2.19. The van der Waals surface area contributed by atoms with E-state index in [1.165, 1.54) is 10.6 Å². The first-order chi connectivity index (χ1) is 11.4. The van der Waals surface area contributed by atoms with Crippen LogP contribution in [0.25, 0.3) is 0 Å². The van der Waals surface area contributed by atoms with Crippen molar-refractivity contribution in [2.24, 2.45) is 5.92 Å². The molecule has 1 aromatic rings. The maximum atomic E-state index is 12.1. The molecular weight excluding hydrogens is 348 g/mol. The van der Waals surface area contributed by atoms with Gasteiger partial charge in [0.05, 0.1) is 6.26 Å². The van der Waals surface area contributed by atoms with Gasteiger partial charge in [-0.3, -0.25) is 4.79 Å². The molecule has 24 heavy (non-hydrogen) atoms. The van der Waals surface area contributed by atoms with Gasteiger partial charge >= 0.3 is 0 Å². The van der Waals surface area contributed by atoms with Crippen LogP contribution in [0.2, 0.25) is 5.02 Å². The number of amides is 1. The molecule has 0 unspecified atom stereocenters. The third-order valence-corrected chi connectivity index (χ3v) is 6.10. The predicted octanol–water partition coefficient (Wildman–Crippen LogP) is 2.45. The van der Waals surface area contributed by atoms with Crippen LogP contribution in [0.1, 0.15) is 31.2 Å². The fourth-order valence-electron chi connectivity index (χ4n) is 2.95. The monoisotopic (exact) mass is 372 g/mol. The minimum Gasteiger partial charge on any atom is -0.356 e. The summed E-state index contributed by atoms with van der Waals surface area (Å²) in [5.74, 6) is -0.0348. The van der Waals surface area contributed by atoms with Crippen LogP contribution in [0.3, 0.4) is 0 Å². The summed E-state index contributed by atoms with van der Waals surface area (Å²) in [6.45, 7) is 1.52. The van der Waals surface area contributed by atoms with E-state index in [-0.39, 0.29) is 11.8 Å². The molecule has 7 heteroatoms. The SMILES string of the molecule is CS(=O)(=O)N1CCC(C(=O)NCCCCc2ccccc2Cl)CC1. The van der Waals surface area contributed by atoms with Crippen LogP contribution in [-0.2, 0) is 21.2 Å². The Morgan fingerprint density at radius 1 is 1.25 bits per heavy atom. The molecule has 0 spiro atoms. The number of hydrogen-bond acceptors (Lipinski definition) is 3. The number of piperidine rings is 1. The van der Waals surface area contributed by atoms with E-state index in [0.717, 1.165) is 29.8 Å². The Bertz CT molecular complexity index is 656. The standard InChI is InChI=1S/C17H25ClN2O3S/c1-24(22,23)20-12-9-15(10-13-20)17(21)19-11-5-4-7-14-6-2-3-8-16(14)18/h2-3,6,8,15H,4-5,7,9-13H2,1H3,(H,19,21). The van der Waals surface area contributed by atoms with Crippen LogP contribution in [0.4, 0.5) is 0 Å². The topological polar surface area (TPSA) is 66.5 Å². The molecule has 1 aliphatic rings. The lowest BCUT2D eigenvalue weighted by Gasteiger charge is -2.29. The number of nitrogens with one attached hydrogen (secondary N) is 1. The largest absolute Gasteiger partial charge is 0.356 e. The molecule has 1 fully saturated rings. The lowest BCUT2D eigenvalue weighted by Crippen LogP contribution is -2.42. The van der Waals surface area contributed by atoms with Crippen molar-refractivity contribution in [1.29, 1.82) is 0 Å². The van der Waals surface area contributed by atoms with E-state index in [9.17, 15) is 13.2 Å². The maximum Gasteiger partial charge on any atom is 0.223 e. The van der Waals surface area contributed by atoms with Gasteiger partial charge in [0.2, 0.25) is 15.9 Å². The quantitative estimate of drug-likeness (QED) is 0.747. The highest BCUT2D eigenvalue weighted by atomic mass is 35.5. The van der Waals surface area contributed by atoms with E-state index in [2.05, 4.69) is 5.32 Å². The second-order valence-electron chi connectivity index (χ2n) is 6.28. The Morgan fingerprint density at radius 2 is 1.92 bits per heavy atom. The van der Waals surface area contributed by atoms with Crippen molar-refractivity contribution >= 4 is 27.5 Å². The summed E-state index contributed by atoms with van der Waals surface area (Å²) in [4.78, 5) is 12.1. The van der Waals surface area contributed by atoms with Crippen molar-refractivity contribution in [3.05, 3.63) is 34.9 Å². The lowest BCUT2D eigenvalue weighted by atomic mass is 9.97. The van der Waals surface area contributed by atoms with Gasteiger partial charge in [0.25, 0.3) is 0 Å². The molecular formula is C17H25ClN2O3S. The second-order valence-corrected chi connectivity index (χ2v) is 8.67. The first kappa shape index (κ1) is 19.2. The summed E-state index contributed by atoms with van der Waals surface area (Å²) in [5, 5.41) is 3.76. The average molecular weight is 373 g/mol. The predicted molar refractivity (Wildman–Crippen MR) is 96.5 cm³/mol. The van der Waals surface area contributed by atoms with Crippen LogP contribution < -0.4 is 5.32 Å². The number of sulfonamides is 1. The summed E-state index contributed by atoms with van der Waals surface area (Å²) in [6.07, 6.45) is 5.18. The first-order valence-electron chi connectivity index (χ1n) is 8.34. The highest BCUT2D eigenvalue weighted by Gasteiger charge is 2.28. The Kier molecular flexibility index (Phi) is 7.07. The fourth-order valence-corrected chi connectivity index (χ4v) is 4.05. The molecule has 0 saturated carbocycles. The Hall–Kier alpha value is -1.11. The molecule has 5 nitrogen and oxygen atoms in total. The van der Waals surface area contributed by atoms with Crippen molar-refractivity contribution in [2.45, 2.75) is 32.1 Å². The minimum absolute atomic E-state index is 0.0425. The van der Waals surface area contributed by atoms with Crippen LogP contribution in [-0.4, -0.2) is 44.5 Å². The molecule has 0 aliphatic carbocycles. The molecule has 0 atom stereocenters. The number of aryl methyl sites for hydroxylation is 1. The lowest BCUT2D eigenvalue weighted by molar-refractivity contribution is -0.126. The van der Waals surface area contributed by atoms with Gasteiger partial charge < -0.3 is 5.32 Å². The number of nitrogens with zero attached hydrogens (tertiary/aromatic N) is 1. The third kappa shape index (κ3) is 5.76. The number of hydrogen-bond donors (Lipinski definition) is 1. The zero-order valence-corrected chi connectivity index (χ0v) is 15.6. The van der Waals surface area contributed by atoms with Crippen molar-refractivity contribution in [1.82, 2.24) is 9.62 Å². The molecule has 0 radical (unpaired) electrons. The highest BCUT2D eigenvalue weighted by molar-refractivity contribution is 7.88. The number of rotatable bonds is 7. The van der Waals surface area contributed by atoms with Gasteiger partial charge in [0.1, 0.15) is 0 Å². The van der Waals surface area contributed by atoms with Crippen molar-refractivity contribution in [3.63, 3.8) is 0 Å². The fraction of sp³-hybridized carbons (Fsp3) is 0.588. The van der Waals surface area contributed by atoms with E-state index in [1.54, 1.807) is 0 Å². The molecule has 0 bridgehead atoms. The van der Waals surface area contributed by atoms with Gasteiger partial charge in [-0.2, -0.15) is 0 Å². The summed E-state index contributed by atoms with van der Waals surface area (Å²) >= 11 is 6.12. The van der Waals surface area contributed by atoms with Gasteiger partial charge in [-0.25, -0.2) is 12.7 Å². The summed E-state index contributed by atoms with van der Waals surface area (Å²) in [5.41, 5.74) is 1.14. The van der Waals surface area contributed by atoms with E-state index >= 15 is 0 Å². The van der Waals surface area contributed by atoms with Crippen molar-refractivity contribution < 1.29 is 13.2 Å². The first-order valence-corrected chi connectivity index (χ1v) is 10.6. The van der Waals surface area contributed by atoms with Gasteiger partial charge in [-0.15, -0.1) is 0 Å².